The summed E-state index contributed by atoms with van der Waals surface area (Å²) in [5.74, 6) is 0.399. The first kappa shape index (κ1) is 22.0. The van der Waals surface area contributed by atoms with Gasteiger partial charge < -0.3 is 5.32 Å². The number of amides is 1. The van der Waals surface area contributed by atoms with Crippen LogP contribution in [0.4, 0.5) is 5.69 Å². The molecule has 0 unspecified atom stereocenters. The third kappa shape index (κ3) is 4.10. The summed E-state index contributed by atoms with van der Waals surface area (Å²) in [5, 5.41) is 13.6. The number of hydrogen-bond acceptors (Lipinski definition) is 5. The third-order valence-electron chi connectivity index (χ3n) is 6.01. The molecule has 0 saturated carbocycles. The van der Waals surface area contributed by atoms with E-state index in [1.54, 1.807) is 0 Å². The molecule has 3 aromatic carbocycles. The van der Waals surface area contributed by atoms with Gasteiger partial charge in [0.2, 0.25) is 10.9 Å². The molecule has 5 rings (SSSR count). The van der Waals surface area contributed by atoms with Crippen LogP contribution in [0.1, 0.15) is 35.9 Å². The average molecular weight is 469 g/mol. The first-order chi connectivity index (χ1) is 16.5. The quantitative estimate of drug-likeness (QED) is 0.403. The minimum absolute atomic E-state index is 0.106. The Kier molecular flexibility index (Phi) is 5.94. The summed E-state index contributed by atoms with van der Waals surface area (Å²) in [7, 11) is 0. The summed E-state index contributed by atoms with van der Waals surface area (Å²) in [5.41, 5.74) is 3.84. The van der Waals surface area contributed by atoms with Gasteiger partial charge in [-0.05, 0) is 46.9 Å². The van der Waals surface area contributed by atoms with Crippen molar-refractivity contribution in [2.24, 2.45) is 0 Å². The molecule has 2 aromatic heterocycles. The monoisotopic (exact) mass is 468 g/mol. The maximum Gasteiger partial charge on any atom is 0.275 e. The first-order valence-corrected chi connectivity index (χ1v) is 12.1. The van der Waals surface area contributed by atoms with Crippen molar-refractivity contribution in [2.45, 2.75) is 33.1 Å². The van der Waals surface area contributed by atoms with Crippen LogP contribution in [0.15, 0.2) is 65.5 Å². The van der Waals surface area contributed by atoms with Gasteiger partial charge in [-0.15, -0.1) is 10.2 Å². The summed E-state index contributed by atoms with van der Waals surface area (Å²) in [6, 6.07) is 20.1. The van der Waals surface area contributed by atoms with E-state index in [1.807, 2.05) is 61.5 Å². The number of carbonyl (C=O) groups is 1. The predicted molar refractivity (Wildman–Crippen MR) is 137 cm³/mol. The summed E-state index contributed by atoms with van der Waals surface area (Å²) in [6.07, 6.45) is 3.30. The van der Waals surface area contributed by atoms with Crippen LogP contribution in [0.25, 0.3) is 21.8 Å². The Bertz CT molecular complexity index is 1630. The summed E-state index contributed by atoms with van der Waals surface area (Å²) in [4.78, 5) is 26.4. The predicted octanol–water partition coefficient (Wildman–Crippen LogP) is 4.29. The Balaban J connectivity index is 1.41. The number of para-hydroxylation sites is 1. The van der Waals surface area contributed by atoms with Crippen molar-refractivity contribution in [1.29, 1.82) is 0 Å². The summed E-state index contributed by atoms with van der Waals surface area (Å²) in [6.45, 7) is 4.05. The third-order valence-corrected chi connectivity index (χ3v) is 6.96. The van der Waals surface area contributed by atoms with Crippen LogP contribution in [-0.4, -0.2) is 20.5 Å². The van der Waals surface area contributed by atoms with Crippen molar-refractivity contribution in [1.82, 2.24) is 14.6 Å². The molecule has 34 heavy (non-hydrogen) atoms. The second-order valence-corrected chi connectivity index (χ2v) is 9.24. The van der Waals surface area contributed by atoms with Crippen LogP contribution in [0.5, 0.6) is 0 Å². The van der Waals surface area contributed by atoms with Gasteiger partial charge in [0.1, 0.15) is 5.82 Å². The second-order valence-electron chi connectivity index (χ2n) is 8.23. The van der Waals surface area contributed by atoms with Gasteiger partial charge in [0.25, 0.3) is 5.56 Å². The highest BCUT2D eigenvalue weighted by Gasteiger charge is 2.15. The van der Waals surface area contributed by atoms with Gasteiger partial charge in [-0.2, -0.15) is 0 Å². The molecule has 1 N–H and O–H groups in total. The van der Waals surface area contributed by atoms with E-state index in [1.165, 1.54) is 15.7 Å². The molecule has 0 aliphatic rings. The Hall–Kier alpha value is -3.84. The molecule has 0 aliphatic heterocycles. The van der Waals surface area contributed by atoms with Crippen LogP contribution in [0, 0.1) is 6.92 Å². The Labute approximate surface area is 200 Å². The number of fused-ring (bicyclic) bond motifs is 2. The van der Waals surface area contributed by atoms with Crippen LogP contribution in [0.2, 0.25) is 0 Å². The van der Waals surface area contributed by atoms with E-state index in [-0.39, 0.29) is 17.9 Å². The number of benzene rings is 3. The topological polar surface area (TPSA) is 76.4 Å². The van der Waals surface area contributed by atoms with Crippen LogP contribution >= 0.6 is 11.3 Å². The van der Waals surface area contributed by atoms with Crippen LogP contribution in [0.3, 0.4) is 0 Å². The van der Waals surface area contributed by atoms with E-state index in [0.29, 0.717) is 21.7 Å². The van der Waals surface area contributed by atoms with E-state index < -0.39 is 0 Å². The molecule has 0 fully saturated rings. The van der Waals surface area contributed by atoms with Gasteiger partial charge in [-0.1, -0.05) is 78.9 Å². The molecule has 170 valence electrons. The highest BCUT2D eigenvalue weighted by Crippen LogP contribution is 2.22. The Morgan fingerprint density at radius 1 is 1.06 bits per heavy atom. The zero-order chi connectivity index (χ0) is 23.7. The summed E-state index contributed by atoms with van der Waals surface area (Å²) >= 11 is 1.31. The minimum Gasteiger partial charge on any atom is -0.326 e. The number of thiazole rings is 1. The van der Waals surface area contributed by atoms with Crippen molar-refractivity contribution >= 4 is 44.7 Å². The molecule has 0 radical (unpaired) electrons. The minimum atomic E-state index is -0.152. The molecule has 1 amide bonds. The molecule has 0 saturated heterocycles. The lowest BCUT2D eigenvalue weighted by Gasteiger charge is -2.12. The molecule has 0 atom stereocenters. The highest BCUT2D eigenvalue weighted by atomic mass is 32.1. The molecule has 0 aliphatic carbocycles. The van der Waals surface area contributed by atoms with E-state index in [4.69, 9.17) is 0 Å². The number of rotatable bonds is 6. The van der Waals surface area contributed by atoms with Crippen LogP contribution < -0.4 is 15.4 Å². The molecule has 2 heterocycles. The molecular weight excluding hydrogens is 444 g/mol. The lowest BCUT2D eigenvalue weighted by atomic mass is 10.0. The van der Waals surface area contributed by atoms with Crippen molar-refractivity contribution in [3.8, 4) is 0 Å². The number of anilines is 1. The largest absolute Gasteiger partial charge is 0.326 e. The number of aromatic nitrogens is 3. The first-order valence-electron chi connectivity index (χ1n) is 11.3. The van der Waals surface area contributed by atoms with Crippen molar-refractivity contribution in [3.63, 3.8) is 0 Å². The van der Waals surface area contributed by atoms with Gasteiger partial charge in [0.15, 0.2) is 0 Å². The average Bonchev–Trinajstić information content (AvgIpc) is 3.39. The molecular formula is C27H24N4O2S. The summed E-state index contributed by atoms with van der Waals surface area (Å²) < 4.78 is 2.12. The number of nitrogens with one attached hydrogen (secondary N) is 1. The normalized spacial score (nSPS) is 12.0. The number of aryl methyl sites for hydroxylation is 3. The van der Waals surface area contributed by atoms with Gasteiger partial charge in [-0.3, -0.25) is 9.59 Å². The fourth-order valence-electron chi connectivity index (χ4n) is 4.22. The highest BCUT2D eigenvalue weighted by molar-refractivity contribution is 7.15. The van der Waals surface area contributed by atoms with Crippen molar-refractivity contribution < 1.29 is 4.79 Å². The zero-order valence-corrected chi connectivity index (χ0v) is 19.9. The molecule has 0 bridgehead atoms. The second kappa shape index (κ2) is 9.19. The lowest BCUT2D eigenvalue weighted by molar-refractivity contribution is -0.116. The van der Waals surface area contributed by atoms with Crippen molar-refractivity contribution in [2.75, 3.05) is 5.32 Å². The molecule has 0 spiro atoms. The van der Waals surface area contributed by atoms with Gasteiger partial charge in [0.05, 0.1) is 4.53 Å². The lowest BCUT2D eigenvalue weighted by Crippen LogP contribution is -2.25. The number of hydrogen-bond donors (Lipinski definition) is 1. The SMILES string of the molecule is CCc1cccc(C)c1NC(=O)CCc1nnc2sc(=Cc3cccc4ccccc34)c(=O)n12. The number of nitrogens with zero attached hydrogens (tertiary/aromatic N) is 3. The zero-order valence-electron chi connectivity index (χ0n) is 19.0. The van der Waals surface area contributed by atoms with E-state index in [2.05, 4.69) is 34.6 Å². The maximum absolute atomic E-state index is 13.2. The molecule has 7 heteroatoms. The van der Waals surface area contributed by atoms with E-state index in [0.717, 1.165) is 39.6 Å². The molecule has 6 nitrogen and oxygen atoms in total. The molecule has 5 aromatic rings. The van der Waals surface area contributed by atoms with Crippen molar-refractivity contribution in [3.05, 3.63) is 98.1 Å². The number of carbonyl (C=O) groups excluding carboxylic acids is 1. The maximum atomic E-state index is 13.2. The fourth-order valence-corrected chi connectivity index (χ4v) is 5.14. The smallest absolute Gasteiger partial charge is 0.275 e. The fraction of sp³-hybridized carbons (Fsp3) is 0.185. The van der Waals surface area contributed by atoms with E-state index in [9.17, 15) is 9.59 Å². The Morgan fingerprint density at radius 2 is 1.85 bits per heavy atom. The van der Waals surface area contributed by atoms with E-state index >= 15 is 0 Å². The van der Waals surface area contributed by atoms with Gasteiger partial charge in [-0.25, -0.2) is 4.40 Å². The van der Waals surface area contributed by atoms with Crippen LogP contribution in [-0.2, 0) is 17.6 Å². The standard InChI is InChI=1S/C27H24N4O2S/c1-3-18-10-6-8-17(2)25(18)28-24(32)15-14-23-29-30-27-31(23)26(33)22(34-27)16-20-12-7-11-19-9-4-5-13-21(19)20/h4-13,16H,3,14-15H2,1-2H3,(H,28,32). The Morgan fingerprint density at radius 3 is 2.71 bits per heavy atom. The van der Waals surface area contributed by atoms with Gasteiger partial charge in [0, 0.05) is 18.5 Å². The van der Waals surface area contributed by atoms with Gasteiger partial charge >= 0.3 is 0 Å².